The molecule has 0 saturated heterocycles. The predicted molar refractivity (Wildman–Crippen MR) is 94.3 cm³/mol. The zero-order valence-electron chi connectivity index (χ0n) is 15.3. The van der Waals surface area contributed by atoms with Gasteiger partial charge in [-0.2, -0.15) is 0 Å². The Hall–Kier alpha value is -0.860. The van der Waals surface area contributed by atoms with E-state index in [1.54, 1.807) is 0 Å². The number of carbonyl (C=O) groups is 2. The molecule has 2 unspecified atom stereocenters. The summed E-state index contributed by atoms with van der Waals surface area (Å²) in [6, 6.07) is 0. The molecule has 0 amide bonds. The minimum Gasteiger partial charge on any atom is -0.469 e. The quantitative estimate of drug-likeness (QED) is 0.297. The minimum absolute atomic E-state index is 0.0981. The topological polar surface area (TPSA) is 43.4 Å². The van der Waals surface area contributed by atoms with Gasteiger partial charge in [-0.3, -0.25) is 9.59 Å². The highest BCUT2D eigenvalue weighted by atomic mass is 16.5. The van der Waals surface area contributed by atoms with Crippen molar-refractivity contribution in [1.29, 1.82) is 0 Å². The third-order valence-electron chi connectivity index (χ3n) is 5.05. The van der Waals surface area contributed by atoms with Crippen LogP contribution in [0.15, 0.2) is 0 Å². The third-order valence-corrected chi connectivity index (χ3v) is 5.05. The van der Waals surface area contributed by atoms with Crippen LogP contribution in [0.5, 0.6) is 0 Å². The van der Waals surface area contributed by atoms with Gasteiger partial charge in [-0.25, -0.2) is 0 Å². The highest BCUT2D eigenvalue weighted by molar-refractivity contribution is 5.83. The number of carbonyl (C=O) groups excluding carboxylic acids is 2. The second-order valence-electron chi connectivity index (χ2n) is 7.12. The Morgan fingerprint density at radius 1 is 0.870 bits per heavy atom. The molecule has 0 bridgehead atoms. The van der Waals surface area contributed by atoms with Gasteiger partial charge in [0.1, 0.15) is 5.78 Å². The lowest BCUT2D eigenvalue weighted by Crippen LogP contribution is -2.02. The van der Waals surface area contributed by atoms with Crippen LogP contribution in [0.2, 0.25) is 0 Å². The fourth-order valence-electron chi connectivity index (χ4n) is 3.36. The van der Waals surface area contributed by atoms with Crippen molar-refractivity contribution in [3.05, 3.63) is 0 Å². The molecule has 0 radical (unpaired) electrons. The number of rotatable bonds is 15. The Labute approximate surface area is 142 Å². The van der Waals surface area contributed by atoms with Crippen LogP contribution in [0, 0.1) is 11.8 Å². The number of ketones is 1. The first kappa shape index (κ1) is 20.2. The zero-order valence-corrected chi connectivity index (χ0v) is 15.3. The van der Waals surface area contributed by atoms with Crippen LogP contribution < -0.4 is 0 Å². The average molecular weight is 325 g/mol. The van der Waals surface area contributed by atoms with E-state index in [9.17, 15) is 9.59 Å². The van der Waals surface area contributed by atoms with E-state index in [0.29, 0.717) is 24.0 Å². The first-order valence-corrected chi connectivity index (χ1v) is 9.78. The van der Waals surface area contributed by atoms with Gasteiger partial charge in [0.25, 0.3) is 0 Å². The molecule has 0 aromatic rings. The van der Waals surface area contributed by atoms with Gasteiger partial charge in [-0.15, -0.1) is 0 Å². The maximum absolute atomic E-state index is 12.1. The van der Waals surface area contributed by atoms with Crippen LogP contribution in [0.3, 0.4) is 0 Å². The predicted octanol–water partition coefficient (Wildman–Crippen LogP) is 5.46. The van der Waals surface area contributed by atoms with E-state index in [4.69, 9.17) is 0 Å². The Morgan fingerprint density at radius 2 is 1.48 bits per heavy atom. The van der Waals surface area contributed by atoms with Crippen LogP contribution in [0.25, 0.3) is 0 Å². The largest absolute Gasteiger partial charge is 0.469 e. The summed E-state index contributed by atoms with van der Waals surface area (Å²) in [7, 11) is 1.45. The van der Waals surface area contributed by atoms with Crippen molar-refractivity contribution >= 4 is 11.8 Å². The molecule has 2 atom stereocenters. The molecule has 1 rings (SSSR count). The van der Waals surface area contributed by atoms with Gasteiger partial charge < -0.3 is 4.74 Å². The smallest absolute Gasteiger partial charge is 0.305 e. The number of methoxy groups -OCH3 is 1. The summed E-state index contributed by atoms with van der Waals surface area (Å²) in [6.45, 7) is 2.22. The standard InChI is InChI=1S/C20H36O3/c1-3-4-5-7-11-14-19(21)18-16-17(18)13-10-8-6-9-12-15-20(22)23-2/h17-18H,3-16H2,1-2H3. The van der Waals surface area contributed by atoms with E-state index in [-0.39, 0.29) is 5.97 Å². The number of ether oxygens (including phenoxy) is 1. The Morgan fingerprint density at radius 3 is 2.17 bits per heavy atom. The van der Waals surface area contributed by atoms with E-state index in [0.717, 1.165) is 32.1 Å². The number of Topliss-reactive ketones (excluding diaryl/α,β-unsaturated/α-hetero) is 1. The van der Waals surface area contributed by atoms with Crippen molar-refractivity contribution in [1.82, 2.24) is 0 Å². The summed E-state index contributed by atoms with van der Waals surface area (Å²) in [6.07, 6.45) is 15.6. The summed E-state index contributed by atoms with van der Waals surface area (Å²) in [5, 5.41) is 0. The molecule has 0 aliphatic heterocycles. The van der Waals surface area contributed by atoms with E-state index in [1.807, 2.05) is 0 Å². The van der Waals surface area contributed by atoms with Crippen molar-refractivity contribution in [2.24, 2.45) is 11.8 Å². The van der Waals surface area contributed by atoms with Gasteiger partial charge in [0.2, 0.25) is 0 Å². The van der Waals surface area contributed by atoms with E-state index < -0.39 is 0 Å². The van der Waals surface area contributed by atoms with Gasteiger partial charge >= 0.3 is 5.97 Å². The Kier molecular flexibility index (Phi) is 11.0. The summed E-state index contributed by atoms with van der Waals surface area (Å²) in [5.41, 5.74) is 0. The van der Waals surface area contributed by atoms with Crippen LogP contribution in [-0.2, 0) is 14.3 Å². The minimum atomic E-state index is -0.0981. The van der Waals surface area contributed by atoms with E-state index in [1.165, 1.54) is 58.5 Å². The van der Waals surface area contributed by atoms with Gasteiger partial charge in [0.15, 0.2) is 0 Å². The summed E-state index contributed by atoms with van der Waals surface area (Å²) in [4.78, 5) is 23.0. The molecular formula is C20H36O3. The van der Waals surface area contributed by atoms with Crippen LogP contribution in [0.1, 0.15) is 96.8 Å². The monoisotopic (exact) mass is 324 g/mol. The van der Waals surface area contributed by atoms with E-state index in [2.05, 4.69) is 11.7 Å². The fourth-order valence-corrected chi connectivity index (χ4v) is 3.36. The third kappa shape index (κ3) is 9.78. The molecule has 0 N–H and O–H groups in total. The molecule has 1 saturated carbocycles. The lowest BCUT2D eigenvalue weighted by Gasteiger charge is -2.03. The van der Waals surface area contributed by atoms with Crippen LogP contribution in [0.4, 0.5) is 0 Å². The average Bonchev–Trinajstić information content (AvgIpc) is 3.33. The molecule has 0 spiro atoms. The molecular weight excluding hydrogens is 288 g/mol. The molecule has 0 aromatic heterocycles. The van der Waals surface area contributed by atoms with Crippen molar-refractivity contribution in [2.45, 2.75) is 96.8 Å². The van der Waals surface area contributed by atoms with Gasteiger partial charge in [0.05, 0.1) is 7.11 Å². The van der Waals surface area contributed by atoms with Gasteiger partial charge in [-0.1, -0.05) is 58.3 Å². The van der Waals surface area contributed by atoms with Crippen LogP contribution in [-0.4, -0.2) is 18.9 Å². The normalized spacial score (nSPS) is 19.6. The second-order valence-corrected chi connectivity index (χ2v) is 7.12. The summed E-state index contributed by atoms with van der Waals surface area (Å²) in [5.74, 6) is 1.53. The maximum Gasteiger partial charge on any atom is 0.305 e. The zero-order chi connectivity index (χ0) is 16.9. The Bertz CT molecular complexity index is 338. The molecule has 1 fully saturated rings. The molecule has 0 aromatic carbocycles. The molecule has 3 heteroatoms. The van der Waals surface area contributed by atoms with Gasteiger partial charge in [0, 0.05) is 18.8 Å². The van der Waals surface area contributed by atoms with Crippen molar-refractivity contribution in [3.8, 4) is 0 Å². The van der Waals surface area contributed by atoms with Crippen molar-refractivity contribution < 1.29 is 14.3 Å². The molecule has 23 heavy (non-hydrogen) atoms. The number of esters is 1. The second kappa shape index (κ2) is 12.5. The Balaban J connectivity index is 1.88. The lowest BCUT2D eigenvalue weighted by atomic mass is 10.0. The van der Waals surface area contributed by atoms with Crippen LogP contribution >= 0.6 is 0 Å². The molecule has 1 aliphatic rings. The molecule has 0 heterocycles. The van der Waals surface area contributed by atoms with E-state index >= 15 is 0 Å². The molecule has 1 aliphatic carbocycles. The summed E-state index contributed by atoms with van der Waals surface area (Å²) >= 11 is 0. The highest BCUT2D eigenvalue weighted by Crippen LogP contribution is 2.44. The first-order valence-electron chi connectivity index (χ1n) is 9.78. The van der Waals surface area contributed by atoms with Crippen molar-refractivity contribution in [2.75, 3.05) is 7.11 Å². The van der Waals surface area contributed by atoms with Gasteiger partial charge in [-0.05, 0) is 31.6 Å². The maximum atomic E-state index is 12.1. The SMILES string of the molecule is CCCCCCCC(=O)C1CC1CCCCCCCC(=O)OC. The number of hydrogen-bond donors (Lipinski definition) is 0. The number of hydrogen-bond acceptors (Lipinski definition) is 3. The molecule has 3 nitrogen and oxygen atoms in total. The first-order chi connectivity index (χ1) is 11.2. The molecule has 134 valence electrons. The highest BCUT2D eigenvalue weighted by Gasteiger charge is 2.40. The summed E-state index contributed by atoms with van der Waals surface area (Å²) < 4.78 is 4.63. The lowest BCUT2D eigenvalue weighted by molar-refractivity contribution is -0.140. The number of unbranched alkanes of at least 4 members (excludes halogenated alkanes) is 8. The fraction of sp³-hybridized carbons (Fsp3) is 0.900. The van der Waals surface area contributed by atoms with Crippen molar-refractivity contribution in [3.63, 3.8) is 0 Å².